The molecule has 2 amide bonds. The highest BCUT2D eigenvalue weighted by atomic mass is 16.6. The summed E-state index contributed by atoms with van der Waals surface area (Å²) in [4.78, 5) is 39.7. The SMILES string of the molecule is C=C1CCC(n2c(=O)n(C)c3c(C#CC4CCN(C(=O)OC(C)(C)C)CC4)cccc32)C(=O)N1. The molecule has 34 heavy (non-hydrogen) atoms. The van der Waals surface area contributed by atoms with Crippen molar-refractivity contribution in [2.75, 3.05) is 13.1 Å². The zero-order valence-electron chi connectivity index (χ0n) is 20.3. The van der Waals surface area contributed by atoms with Crippen LogP contribution in [-0.2, 0) is 16.6 Å². The van der Waals surface area contributed by atoms with Gasteiger partial charge in [0.15, 0.2) is 0 Å². The number of aryl methyl sites for hydroxylation is 1. The Hall–Kier alpha value is -3.47. The fraction of sp³-hybridized carbons (Fsp3) is 0.500. The van der Waals surface area contributed by atoms with E-state index in [9.17, 15) is 14.4 Å². The molecule has 0 aliphatic carbocycles. The summed E-state index contributed by atoms with van der Waals surface area (Å²) in [7, 11) is 1.71. The highest BCUT2D eigenvalue weighted by Gasteiger charge is 2.30. The normalized spacial score (nSPS) is 19.5. The van der Waals surface area contributed by atoms with Gasteiger partial charge in [-0.05, 0) is 58.6 Å². The van der Waals surface area contributed by atoms with Gasteiger partial charge in [-0.3, -0.25) is 13.9 Å². The maximum atomic E-state index is 13.1. The number of carbonyl (C=O) groups is 2. The second kappa shape index (κ2) is 9.05. The lowest BCUT2D eigenvalue weighted by Gasteiger charge is -2.31. The van der Waals surface area contributed by atoms with E-state index in [2.05, 4.69) is 23.7 Å². The van der Waals surface area contributed by atoms with Crippen LogP contribution in [-0.4, -0.2) is 44.7 Å². The number of nitrogens with zero attached hydrogens (tertiary/aromatic N) is 3. The van der Waals surface area contributed by atoms with Gasteiger partial charge in [0, 0.05) is 31.8 Å². The maximum absolute atomic E-state index is 13.1. The molecule has 2 saturated heterocycles. The third kappa shape index (κ3) is 4.74. The number of likely N-dealkylation sites (tertiary alicyclic amines) is 1. The Kier molecular flexibility index (Phi) is 6.30. The van der Waals surface area contributed by atoms with Crippen molar-refractivity contribution in [3.8, 4) is 11.8 Å². The van der Waals surface area contributed by atoms with Crippen LogP contribution >= 0.6 is 0 Å². The quantitative estimate of drug-likeness (QED) is 0.657. The van der Waals surface area contributed by atoms with E-state index in [-0.39, 0.29) is 23.6 Å². The number of nitrogens with one attached hydrogen (secondary N) is 1. The number of para-hydroxylation sites is 1. The number of hydrogen-bond acceptors (Lipinski definition) is 4. The van der Waals surface area contributed by atoms with Crippen molar-refractivity contribution < 1.29 is 14.3 Å². The van der Waals surface area contributed by atoms with Crippen molar-refractivity contribution in [1.29, 1.82) is 0 Å². The number of fused-ring (bicyclic) bond motifs is 1. The molecule has 1 aromatic carbocycles. The lowest BCUT2D eigenvalue weighted by atomic mass is 9.97. The number of allylic oxidation sites excluding steroid dienone is 1. The molecule has 180 valence electrons. The molecule has 0 spiro atoms. The van der Waals surface area contributed by atoms with Crippen LogP contribution in [0.1, 0.15) is 58.1 Å². The Morgan fingerprint density at radius 3 is 2.53 bits per heavy atom. The molecule has 2 fully saturated rings. The van der Waals surface area contributed by atoms with Crippen molar-refractivity contribution in [1.82, 2.24) is 19.4 Å². The van der Waals surface area contributed by atoms with E-state index in [1.807, 2.05) is 39.0 Å². The van der Waals surface area contributed by atoms with Gasteiger partial charge in [0.05, 0.1) is 16.6 Å². The summed E-state index contributed by atoms with van der Waals surface area (Å²) in [6, 6.07) is 5.06. The number of aromatic nitrogens is 2. The number of imidazole rings is 1. The summed E-state index contributed by atoms with van der Waals surface area (Å²) in [5, 5.41) is 2.77. The topological polar surface area (TPSA) is 85.6 Å². The van der Waals surface area contributed by atoms with Crippen LogP contribution in [0.3, 0.4) is 0 Å². The van der Waals surface area contributed by atoms with Gasteiger partial charge < -0.3 is 15.0 Å². The van der Waals surface area contributed by atoms with Crippen LogP contribution in [0.25, 0.3) is 11.0 Å². The van der Waals surface area contributed by atoms with Crippen LogP contribution < -0.4 is 11.0 Å². The average molecular weight is 465 g/mol. The predicted molar refractivity (Wildman–Crippen MR) is 130 cm³/mol. The summed E-state index contributed by atoms with van der Waals surface area (Å²) in [5.41, 5.74) is 2.12. The van der Waals surface area contributed by atoms with Crippen molar-refractivity contribution in [2.24, 2.45) is 13.0 Å². The largest absolute Gasteiger partial charge is 0.444 e. The van der Waals surface area contributed by atoms with Crippen LogP contribution in [0.5, 0.6) is 0 Å². The Bertz CT molecular complexity index is 1260. The van der Waals surface area contributed by atoms with Crippen molar-refractivity contribution in [3.63, 3.8) is 0 Å². The fourth-order valence-electron chi connectivity index (χ4n) is 4.56. The van der Waals surface area contributed by atoms with E-state index in [0.717, 1.165) is 23.9 Å². The van der Waals surface area contributed by atoms with Gasteiger partial charge in [-0.2, -0.15) is 0 Å². The first kappa shape index (κ1) is 23.7. The highest BCUT2D eigenvalue weighted by molar-refractivity contribution is 5.88. The van der Waals surface area contributed by atoms with Crippen LogP contribution in [0.4, 0.5) is 4.79 Å². The first-order valence-electron chi connectivity index (χ1n) is 11.7. The smallest absolute Gasteiger partial charge is 0.410 e. The molecule has 8 nitrogen and oxygen atoms in total. The predicted octanol–water partition coefficient (Wildman–Crippen LogP) is 3.30. The Balaban J connectivity index is 1.55. The molecule has 8 heteroatoms. The van der Waals surface area contributed by atoms with Gasteiger partial charge in [-0.1, -0.05) is 24.5 Å². The standard InChI is InChI=1S/C26H32N4O4/c1-17-9-12-21(23(31)27-17)30-20-8-6-7-19(22(20)28(5)24(30)32)11-10-18-13-15-29(16-14-18)25(33)34-26(2,3)4/h6-8,18,21H,1,9,12-16H2,2-5H3,(H,27,31). The minimum Gasteiger partial charge on any atom is -0.444 e. The zero-order chi connectivity index (χ0) is 24.6. The Morgan fingerprint density at radius 1 is 1.18 bits per heavy atom. The second-order valence-electron chi connectivity index (χ2n) is 10.0. The second-order valence-corrected chi connectivity index (χ2v) is 10.0. The van der Waals surface area contributed by atoms with Crippen molar-refractivity contribution in [3.05, 3.63) is 46.5 Å². The molecule has 3 heterocycles. The molecular weight excluding hydrogens is 432 g/mol. The third-order valence-electron chi connectivity index (χ3n) is 6.29. The van der Waals surface area contributed by atoms with E-state index in [1.165, 1.54) is 0 Å². The molecule has 1 N–H and O–H groups in total. The molecule has 2 aliphatic rings. The Morgan fingerprint density at radius 2 is 1.88 bits per heavy atom. The van der Waals surface area contributed by atoms with Gasteiger partial charge in [0.2, 0.25) is 5.91 Å². The molecular formula is C26H32N4O4. The van der Waals surface area contributed by atoms with Crippen LogP contribution in [0.15, 0.2) is 35.3 Å². The summed E-state index contributed by atoms with van der Waals surface area (Å²) >= 11 is 0. The number of carbonyl (C=O) groups excluding carboxylic acids is 2. The molecule has 2 aliphatic heterocycles. The van der Waals surface area contributed by atoms with Crippen molar-refractivity contribution >= 4 is 23.0 Å². The first-order chi connectivity index (χ1) is 16.0. The molecule has 1 aromatic heterocycles. The lowest BCUT2D eigenvalue weighted by Crippen LogP contribution is -2.41. The fourth-order valence-corrected chi connectivity index (χ4v) is 4.56. The minimum absolute atomic E-state index is 0.156. The van der Waals surface area contributed by atoms with Crippen LogP contribution in [0.2, 0.25) is 0 Å². The van der Waals surface area contributed by atoms with Gasteiger partial charge in [0.25, 0.3) is 0 Å². The molecule has 1 unspecified atom stereocenters. The lowest BCUT2D eigenvalue weighted by molar-refractivity contribution is -0.124. The summed E-state index contributed by atoms with van der Waals surface area (Å²) in [6.07, 6.45) is 2.44. The Labute approximate surface area is 199 Å². The van der Waals surface area contributed by atoms with E-state index in [0.29, 0.717) is 37.1 Å². The number of benzene rings is 1. The van der Waals surface area contributed by atoms with Gasteiger partial charge in [-0.15, -0.1) is 0 Å². The van der Waals surface area contributed by atoms with E-state index in [1.54, 1.807) is 21.1 Å². The molecule has 0 bridgehead atoms. The van der Waals surface area contributed by atoms with E-state index < -0.39 is 11.6 Å². The zero-order valence-corrected chi connectivity index (χ0v) is 20.3. The number of piperidine rings is 2. The van der Waals surface area contributed by atoms with Gasteiger partial charge in [-0.25, -0.2) is 9.59 Å². The summed E-state index contributed by atoms with van der Waals surface area (Å²) < 4.78 is 8.60. The van der Waals surface area contributed by atoms with Crippen LogP contribution in [0, 0.1) is 17.8 Å². The van der Waals surface area contributed by atoms with E-state index >= 15 is 0 Å². The summed E-state index contributed by atoms with van der Waals surface area (Å²) in [5.74, 6) is 6.56. The van der Waals surface area contributed by atoms with Gasteiger partial charge >= 0.3 is 11.8 Å². The highest BCUT2D eigenvalue weighted by Crippen LogP contribution is 2.26. The number of hydrogen-bond donors (Lipinski definition) is 1. The first-order valence-corrected chi connectivity index (χ1v) is 11.7. The number of ether oxygens (including phenoxy) is 1. The molecule has 2 aromatic rings. The summed E-state index contributed by atoms with van der Waals surface area (Å²) in [6.45, 7) is 10.6. The van der Waals surface area contributed by atoms with Crippen molar-refractivity contribution in [2.45, 2.75) is 58.1 Å². The molecule has 0 radical (unpaired) electrons. The monoisotopic (exact) mass is 464 g/mol. The molecule has 1 atom stereocenters. The third-order valence-corrected chi connectivity index (χ3v) is 6.29. The molecule has 0 saturated carbocycles. The molecule has 4 rings (SSSR count). The maximum Gasteiger partial charge on any atom is 0.410 e. The number of rotatable bonds is 1. The minimum atomic E-state index is -0.568. The van der Waals surface area contributed by atoms with Gasteiger partial charge in [0.1, 0.15) is 11.6 Å². The van der Waals surface area contributed by atoms with E-state index in [4.69, 9.17) is 4.74 Å². The number of amides is 2. The average Bonchev–Trinajstić information content (AvgIpc) is 3.02.